The van der Waals surface area contributed by atoms with Crippen LogP contribution < -0.4 is 4.72 Å². The van der Waals surface area contributed by atoms with E-state index in [1.54, 1.807) is 0 Å². The van der Waals surface area contributed by atoms with E-state index in [1.165, 1.54) is 18.5 Å². The first kappa shape index (κ1) is 12.5. The van der Waals surface area contributed by atoms with Crippen molar-refractivity contribution in [3.05, 3.63) is 28.8 Å². The summed E-state index contributed by atoms with van der Waals surface area (Å²) >= 11 is 3.17. The second-order valence-corrected chi connectivity index (χ2v) is 6.76. The predicted octanol–water partition coefficient (Wildman–Crippen LogP) is 1.91. The van der Waals surface area contributed by atoms with Crippen molar-refractivity contribution in [1.29, 1.82) is 0 Å². The van der Waals surface area contributed by atoms with E-state index in [9.17, 15) is 8.42 Å². The summed E-state index contributed by atoms with van der Waals surface area (Å²) in [6.07, 6.45) is 4.75. The van der Waals surface area contributed by atoms with Gasteiger partial charge in [0.15, 0.2) is 0 Å². The van der Waals surface area contributed by atoms with Gasteiger partial charge in [-0.3, -0.25) is 4.98 Å². The molecule has 0 atom stereocenters. The Morgan fingerprint density at radius 1 is 1.32 bits per heavy atom. The van der Waals surface area contributed by atoms with Crippen LogP contribution in [0.5, 0.6) is 0 Å². The zero-order valence-corrected chi connectivity index (χ0v) is 12.0. The maximum absolute atomic E-state index is 12.0. The average molecular weight is 345 g/mol. The van der Waals surface area contributed by atoms with Crippen LogP contribution in [-0.4, -0.2) is 23.6 Å². The zero-order valence-electron chi connectivity index (χ0n) is 9.58. The van der Waals surface area contributed by atoms with Crippen LogP contribution in [0.3, 0.4) is 0 Å². The Labute approximate surface area is 117 Å². The SMILES string of the molecule is O=S(=O)(Nc1nnc(C2CC2)o1)c1cncc(Br)c1. The standard InChI is InChI=1S/C10H9BrN4O3S/c11-7-3-8(5-12-4-7)19(16,17)15-10-14-13-9(18-10)6-1-2-6/h3-6H,1-2H2,(H,14,15). The fourth-order valence-electron chi connectivity index (χ4n) is 1.48. The van der Waals surface area contributed by atoms with E-state index < -0.39 is 10.0 Å². The highest BCUT2D eigenvalue weighted by Crippen LogP contribution is 2.39. The van der Waals surface area contributed by atoms with Crippen molar-refractivity contribution in [2.24, 2.45) is 0 Å². The van der Waals surface area contributed by atoms with Gasteiger partial charge < -0.3 is 4.42 Å². The van der Waals surface area contributed by atoms with Crippen LogP contribution in [0, 0.1) is 0 Å². The highest BCUT2D eigenvalue weighted by Gasteiger charge is 2.30. The van der Waals surface area contributed by atoms with Crippen LogP contribution in [0.4, 0.5) is 6.01 Å². The van der Waals surface area contributed by atoms with Gasteiger partial charge in [-0.1, -0.05) is 5.10 Å². The molecule has 0 radical (unpaired) electrons. The molecule has 1 aliphatic rings. The summed E-state index contributed by atoms with van der Waals surface area (Å²) in [6, 6.07) is 1.31. The molecular weight excluding hydrogens is 336 g/mol. The van der Waals surface area contributed by atoms with Crippen LogP contribution in [0.25, 0.3) is 0 Å². The number of halogens is 1. The highest BCUT2D eigenvalue weighted by molar-refractivity contribution is 9.10. The Hall–Kier alpha value is -1.48. The molecule has 1 fully saturated rings. The number of aromatic nitrogens is 3. The third-order valence-electron chi connectivity index (χ3n) is 2.58. The third kappa shape index (κ3) is 2.76. The fraction of sp³-hybridized carbons (Fsp3) is 0.300. The van der Waals surface area contributed by atoms with Crippen molar-refractivity contribution in [3.8, 4) is 0 Å². The molecule has 19 heavy (non-hydrogen) atoms. The third-order valence-corrected chi connectivity index (χ3v) is 4.30. The van der Waals surface area contributed by atoms with Gasteiger partial charge in [-0.15, -0.1) is 5.10 Å². The number of hydrogen-bond acceptors (Lipinski definition) is 6. The Balaban J connectivity index is 1.84. The van der Waals surface area contributed by atoms with E-state index in [0.29, 0.717) is 10.4 Å². The normalized spacial score (nSPS) is 15.4. The molecule has 0 saturated heterocycles. The topological polar surface area (TPSA) is 98.0 Å². The van der Waals surface area contributed by atoms with Crippen LogP contribution in [-0.2, 0) is 10.0 Å². The lowest BCUT2D eigenvalue weighted by Gasteiger charge is -2.03. The van der Waals surface area contributed by atoms with E-state index in [0.717, 1.165) is 12.8 Å². The average Bonchev–Trinajstić information content (AvgIpc) is 3.11. The fourth-order valence-corrected chi connectivity index (χ4v) is 2.91. The summed E-state index contributed by atoms with van der Waals surface area (Å²) in [5.41, 5.74) is 0. The zero-order chi connectivity index (χ0) is 13.5. The maximum atomic E-state index is 12.0. The van der Waals surface area contributed by atoms with Crippen molar-refractivity contribution in [2.75, 3.05) is 4.72 Å². The number of rotatable bonds is 4. The maximum Gasteiger partial charge on any atom is 0.329 e. The van der Waals surface area contributed by atoms with Crippen LogP contribution in [0.2, 0.25) is 0 Å². The molecule has 0 unspecified atom stereocenters. The minimum absolute atomic E-state index is 0.0213. The molecule has 0 aromatic carbocycles. The second-order valence-electron chi connectivity index (χ2n) is 4.16. The molecule has 1 aliphatic carbocycles. The van der Waals surface area contributed by atoms with Crippen molar-refractivity contribution in [1.82, 2.24) is 15.2 Å². The van der Waals surface area contributed by atoms with E-state index in [1.807, 2.05) is 0 Å². The second kappa shape index (κ2) is 4.57. The molecule has 1 N–H and O–H groups in total. The molecule has 100 valence electrons. The monoisotopic (exact) mass is 344 g/mol. The molecule has 0 amide bonds. The van der Waals surface area contributed by atoms with Gasteiger partial charge in [0.05, 0.1) is 0 Å². The molecule has 1 saturated carbocycles. The van der Waals surface area contributed by atoms with Crippen molar-refractivity contribution in [3.63, 3.8) is 0 Å². The van der Waals surface area contributed by atoms with Crippen LogP contribution in [0.1, 0.15) is 24.7 Å². The number of nitrogens with one attached hydrogen (secondary N) is 1. The summed E-state index contributed by atoms with van der Waals surface area (Å²) in [5.74, 6) is 0.753. The first-order valence-electron chi connectivity index (χ1n) is 5.51. The van der Waals surface area contributed by atoms with Gasteiger partial charge in [-0.05, 0) is 34.8 Å². The molecule has 0 spiro atoms. The Morgan fingerprint density at radius 3 is 2.79 bits per heavy atom. The lowest BCUT2D eigenvalue weighted by Crippen LogP contribution is -2.13. The first-order valence-corrected chi connectivity index (χ1v) is 7.79. The minimum atomic E-state index is -3.77. The van der Waals surface area contributed by atoms with Crippen LogP contribution >= 0.6 is 15.9 Å². The van der Waals surface area contributed by atoms with Gasteiger partial charge in [0.1, 0.15) is 4.90 Å². The van der Waals surface area contributed by atoms with E-state index >= 15 is 0 Å². The molecule has 2 aromatic heterocycles. The Kier molecular flexibility index (Phi) is 3.02. The van der Waals surface area contributed by atoms with Gasteiger partial charge in [-0.25, -0.2) is 13.1 Å². The summed E-state index contributed by atoms with van der Waals surface area (Å²) in [4.78, 5) is 3.82. The van der Waals surface area contributed by atoms with Crippen molar-refractivity contribution in [2.45, 2.75) is 23.7 Å². The number of anilines is 1. The Morgan fingerprint density at radius 2 is 2.11 bits per heavy atom. The summed E-state index contributed by atoms with van der Waals surface area (Å²) in [7, 11) is -3.77. The Bertz CT molecular complexity index is 711. The van der Waals surface area contributed by atoms with E-state index in [4.69, 9.17) is 4.42 Å². The first-order chi connectivity index (χ1) is 9.04. The van der Waals surface area contributed by atoms with Crippen LogP contribution in [0.15, 0.2) is 32.2 Å². The van der Waals surface area contributed by atoms with E-state index in [-0.39, 0.29) is 16.8 Å². The molecule has 9 heteroatoms. The number of hydrogen-bond donors (Lipinski definition) is 1. The minimum Gasteiger partial charge on any atom is -0.407 e. The quantitative estimate of drug-likeness (QED) is 0.909. The molecule has 0 aliphatic heterocycles. The lowest BCUT2D eigenvalue weighted by molar-refractivity contribution is 0.510. The van der Waals surface area contributed by atoms with Crippen molar-refractivity contribution >= 4 is 32.0 Å². The smallest absolute Gasteiger partial charge is 0.329 e. The predicted molar refractivity (Wildman–Crippen MR) is 69.0 cm³/mol. The lowest BCUT2D eigenvalue weighted by atomic mass is 10.4. The number of nitrogens with zero attached hydrogens (tertiary/aromatic N) is 3. The molecule has 7 nitrogen and oxygen atoms in total. The van der Waals surface area contributed by atoms with E-state index in [2.05, 4.69) is 35.8 Å². The molecule has 0 bridgehead atoms. The van der Waals surface area contributed by atoms with Gasteiger partial charge in [-0.2, -0.15) is 0 Å². The molecule has 2 heterocycles. The van der Waals surface area contributed by atoms with Gasteiger partial charge in [0, 0.05) is 22.8 Å². The van der Waals surface area contributed by atoms with Gasteiger partial charge in [0.25, 0.3) is 10.0 Å². The highest BCUT2D eigenvalue weighted by atomic mass is 79.9. The number of sulfonamides is 1. The summed E-state index contributed by atoms with van der Waals surface area (Å²) in [5, 5.41) is 7.48. The van der Waals surface area contributed by atoms with Gasteiger partial charge in [0.2, 0.25) is 5.89 Å². The molecule has 2 aromatic rings. The summed E-state index contributed by atoms with van der Waals surface area (Å²) in [6.45, 7) is 0. The number of pyridine rings is 1. The molecule has 3 rings (SSSR count). The van der Waals surface area contributed by atoms with Crippen molar-refractivity contribution < 1.29 is 12.8 Å². The molecular formula is C10H9BrN4O3S. The van der Waals surface area contributed by atoms with Gasteiger partial charge >= 0.3 is 6.01 Å². The summed E-state index contributed by atoms with van der Waals surface area (Å²) < 4.78 is 32.2. The largest absolute Gasteiger partial charge is 0.407 e.